The molecule has 2 aromatic rings. The molecule has 0 spiro atoms. The number of imidazole rings is 1. The Morgan fingerprint density at radius 2 is 2.09 bits per heavy atom. The van der Waals surface area contributed by atoms with Crippen LogP contribution in [0.15, 0.2) is 30.7 Å². The summed E-state index contributed by atoms with van der Waals surface area (Å²) in [5, 5.41) is 2.73. The van der Waals surface area contributed by atoms with E-state index in [9.17, 15) is 9.59 Å². The minimum atomic E-state index is -0.857. The number of aryl methyl sites for hydroxylation is 2. The minimum absolute atomic E-state index is 0.250. The highest BCUT2D eigenvalue weighted by molar-refractivity contribution is 5.95. The van der Waals surface area contributed by atoms with Gasteiger partial charge in [-0.05, 0) is 37.5 Å². The first-order valence-corrected chi connectivity index (χ1v) is 7.45. The van der Waals surface area contributed by atoms with E-state index in [0.717, 1.165) is 16.7 Å². The fourth-order valence-corrected chi connectivity index (χ4v) is 2.31. The van der Waals surface area contributed by atoms with Crippen LogP contribution in [-0.4, -0.2) is 28.0 Å². The molecule has 1 N–H and O–H groups in total. The molecule has 0 unspecified atom stereocenters. The number of aromatic nitrogens is 2. The van der Waals surface area contributed by atoms with Crippen molar-refractivity contribution in [3.05, 3.63) is 53.1 Å². The van der Waals surface area contributed by atoms with Gasteiger partial charge in [-0.3, -0.25) is 4.79 Å². The number of nitrogens with one attached hydrogen (secondary N) is 1. The molecule has 0 bridgehead atoms. The van der Waals surface area contributed by atoms with E-state index in [2.05, 4.69) is 10.3 Å². The molecule has 6 nitrogen and oxygen atoms in total. The van der Waals surface area contributed by atoms with Crippen LogP contribution in [0.5, 0.6) is 0 Å². The molecule has 0 fully saturated rings. The van der Waals surface area contributed by atoms with Crippen molar-refractivity contribution < 1.29 is 14.3 Å². The highest BCUT2D eigenvalue weighted by Crippen LogP contribution is 2.22. The van der Waals surface area contributed by atoms with E-state index in [1.807, 2.05) is 32.0 Å². The van der Waals surface area contributed by atoms with Crippen LogP contribution in [0.25, 0.3) is 0 Å². The summed E-state index contributed by atoms with van der Waals surface area (Å²) in [4.78, 5) is 28.7. The van der Waals surface area contributed by atoms with Crippen LogP contribution in [-0.2, 0) is 16.6 Å². The molecule has 0 aliphatic carbocycles. The van der Waals surface area contributed by atoms with Gasteiger partial charge in [0.2, 0.25) is 0 Å². The smallest absolute Gasteiger partial charge is 0.333 e. The molecule has 1 atom stereocenters. The summed E-state index contributed by atoms with van der Waals surface area (Å²) >= 11 is 0. The van der Waals surface area contributed by atoms with Crippen LogP contribution in [0, 0.1) is 13.8 Å². The molecular weight excluding hydrogens is 294 g/mol. The number of carbonyl (C=O) groups excluding carboxylic acids is 2. The number of benzene rings is 1. The number of nitrogens with zero attached hydrogens (tertiary/aromatic N) is 2. The number of amides is 1. The van der Waals surface area contributed by atoms with E-state index in [4.69, 9.17) is 4.74 Å². The Kier molecular flexibility index (Phi) is 5.16. The van der Waals surface area contributed by atoms with Gasteiger partial charge in [0, 0.05) is 13.2 Å². The third-order valence-corrected chi connectivity index (χ3v) is 3.69. The molecule has 0 saturated carbocycles. The van der Waals surface area contributed by atoms with Gasteiger partial charge in [-0.15, -0.1) is 0 Å². The summed E-state index contributed by atoms with van der Waals surface area (Å²) in [6.45, 7) is 5.86. The van der Waals surface area contributed by atoms with Crippen molar-refractivity contribution in [1.29, 1.82) is 0 Å². The minimum Gasteiger partial charge on any atom is -0.464 e. The number of hydrogen-bond donors (Lipinski definition) is 1. The second-order valence-electron chi connectivity index (χ2n) is 5.37. The summed E-state index contributed by atoms with van der Waals surface area (Å²) < 4.78 is 6.79. The lowest BCUT2D eigenvalue weighted by Gasteiger charge is -2.20. The van der Waals surface area contributed by atoms with Gasteiger partial charge in [-0.25, -0.2) is 9.78 Å². The Morgan fingerprint density at radius 1 is 1.35 bits per heavy atom. The Bertz CT molecular complexity index is 722. The van der Waals surface area contributed by atoms with E-state index in [0.29, 0.717) is 0 Å². The molecule has 0 aliphatic heterocycles. The van der Waals surface area contributed by atoms with Crippen molar-refractivity contribution in [2.45, 2.75) is 26.8 Å². The van der Waals surface area contributed by atoms with Crippen LogP contribution in [0.4, 0.5) is 0 Å². The molecule has 23 heavy (non-hydrogen) atoms. The molecule has 0 saturated heterocycles. The van der Waals surface area contributed by atoms with Gasteiger partial charge in [0.05, 0.1) is 12.9 Å². The summed E-state index contributed by atoms with van der Waals surface area (Å²) in [5.41, 5.74) is 2.98. The SMILES string of the molecule is CCOC(=O)[C@H](NC(=O)c1cn(C)cn1)c1cccc(C)c1C. The lowest BCUT2D eigenvalue weighted by Crippen LogP contribution is -2.35. The summed E-state index contributed by atoms with van der Waals surface area (Å²) in [5.74, 6) is -0.893. The number of esters is 1. The number of hydrogen-bond acceptors (Lipinski definition) is 4. The fourth-order valence-electron chi connectivity index (χ4n) is 2.31. The van der Waals surface area contributed by atoms with Crippen molar-refractivity contribution in [3.8, 4) is 0 Å². The van der Waals surface area contributed by atoms with E-state index in [1.165, 1.54) is 6.33 Å². The Labute approximate surface area is 135 Å². The predicted molar refractivity (Wildman–Crippen MR) is 86.0 cm³/mol. The first-order chi connectivity index (χ1) is 10.9. The largest absolute Gasteiger partial charge is 0.464 e. The fraction of sp³-hybridized carbons (Fsp3) is 0.353. The topological polar surface area (TPSA) is 73.2 Å². The molecule has 1 aromatic heterocycles. The van der Waals surface area contributed by atoms with Crippen LogP contribution < -0.4 is 5.32 Å². The number of carbonyl (C=O) groups is 2. The lowest BCUT2D eigenvalue weighted by atomic mass is 9.97. The third kappa shape index (κ3) is 3.77. The maximum Gasteiger partial charge on any atom is 0.333 e. The normalized spacial score (nSPS) is 11.8. The molecule has 1 amide bonds. The first-order valence-electron chi connectivity index (χ1n) is 7.45. The zero-order chi connectivity index (χ0) is 17.0. The van der Waals surface area contributed by atoms with Gasteiger partial charge in [0.15, 0.2) is 6.04 Å². The molecule has 0 aliphatic rings. The molecule has 2 rings (SSSR count). The zero-order valence-corrected chi connectivity index (χ0v) is 13.8. The maximum atomic E-state index is 12.4. The Hall–Kier alpha value is -2.63. The summed E-state index contributed by atoms with van der Waals surface area (Å²) in [6, 6.07) is 4.78. The van der Waals surface area contributed by atoms with Crippen LogP contribution >= 0.6 is 0 Å². The van der Waals surface area contributed by atoms with Gasteiger partial charge in [-0.2, -0.15) is 0 Å². The van der Waals surface area contributed by atoms with Crippen molar-refractivity contribution >= 4 is 11.9 Å². The van der Waals surface area contributed by atoms with Crippen molar-refractivity contribution in [3.63, 3.8) is 0 Å². The Balaban J connectivity index is 2.33. The molecule has 1 heterocycles. The molecule has 6 heteroatoms. The summed E-state index contributed by atoms with van der Waals surface area (Å²) in [7, 11) is 1.78. The Morgan fingerprint density at radius 3 is 2.70 bits per heavy atom. The van der Waals surface area contributed by atoms with Gasteiger partial charge < -0.3 is 14.6 Å². The van der Waals surface area contributed by atoms with Crippen LogP contribution in [0.2, 0.25) is 0 Å². The highest BCUT2D eigenvalue weighted by Gasteiger charge is 2.27. The number of ether oxygens (including phenoxy) is 1. The molecule has 122 valence electrons. The van der Waals surface area contributed by atoms with Gasteiger partial charge >= 0.3 is 5.97 Å². The van der Waals surface area contributed by atoms with Gasteiger partial charge in [0.1, 0.15) is 5.69 Å². The van der Waals surface area contributed by atoms with E-state index < -0.39 is 17.9 Å². The van der Waals surface area contributed by atoms with Crippen molar-refractivity contribution in [1.82, 2.24) is 14.9 Å². The average Bonchev–Trinajstić information content (AvgIpc) is 2.95. The zero-order valence-electron chi connectivity index (χ0n) is 13.8. The summed E-state index contributed by atoms with van der Waals surface area (Å²) in [6.07, 6.45) is 3.13. The monoisotopic (exact) mass is 315 g/mol. The number of rotatable bonds is 5. The highest BCUT2D eigenvalue weighted by atomic mass is 16.5. The second-order valence-corrected chi connectivity index (χ2v) is 5.37. The maximum absolute atomic E-state index is 12.4. The second kappa shape index (κ2) is 7.09. The molecular formula is C17H21N3O3. The quantitative estimate of drug-likeness (QED) is 0.857. The van der Waals surface area contributed by atoms with Crippen molar-refractivity contribution in [2.24, 2.45) is 7.05 Å². The standard InChI is InChI=1S/C17H21N3O3/c1-5-23-17(22)15(13-8-6-7-11(2)12(13)3)19-16(21)14-9-20(4)10-18-14/h6-10,15H,5H2,1-4H3,(H,19,21)/t15-/m1/s1. The van der Waals surface area contributed by atoms with E-state index in [-0.39, 0.29) is 12.3 Å². The lowest BCUT2D eigenvalue weighted by molar-refractivity contribution is -0.145. The van der Waals surface area contributed by atoms with Gasteiger partial charge in [0.25, 0.3) is 5.91 Å². The van der Waals surface area contributed by atoms with Gasteiger partial charge in [-0.1, -0.05) is 18.2 Å². The third-order valence-electron chi connectivity index (χ3n) is 3.69. The van der Waals surface area contributed by atoms with E-state index >= 15 is 0 Å². The molecule has 1 aromatic carbocycles. The average molecular weight is 315 g/mol. The van der Waals surface area contributed by atoms with Crippen molar-refractivity contribution in [2.75, 3.05) is 6.61 Å². The van der Waals surface area contributed by atoms with Crippen LogP contribution in [0.3, 0.4) is 0 Å². The van der Waals surface area contributed by atoms with Crippen LogP contribution in [0.1, 0.15) is 40.1 Å². The van der Waals surface area contributed by atoms with E-state index in [1.54, 1.807) is 24.7 Å². The molecule has 0 radical (unpaired) electrons. The first kappa shape index (κ1) is 16.7. The predicted octanol–water partition coefficient (Wildman–Crippen LogP) is 2.07.